The molecule has 0 saturated heterocycles. The lowest BCUT2D eigenvalue weighted by Crippen LogP contribution is -2.35. The normalized spacial score (nSPS) is 13.0. The van der Waals surface area contributed by atoms with E-state index in [9.17, 15) is 4.79 Å². The number of fused-ring (bicyclic) bond motifs is 1. The quantitative estimate of drug-likeness (QED) is 0.913. The molecule has 1 heterocycles. The lowest BCUT2D eigenvalue weighted by atomic mass is 10.2. The van der Waals surface area contributed by atoms with Gasteiger partial charge < -0.3 is 19.5 Å². The first-order valence-electron chi connectivity index (χ1n) is 7.49. The maximum Gasteiger partial charge on any atom is 0.261 e. The van der Waals surface area contributed by atoms with Crippen LogP contribution in [0.4, 0.5) is 0 Å². The predicted octanol–water partition coefficient (Wildman–Crippen LogP) is 2.37. The van der Waals surface area contributed by atoms with Crippen LogP contribution in [0.3, 0.4) is 0 Å². The summed E-state index contributed by atoms with van der Waals surface area (Å²) in [6, 6.07) is 14.2. The molecular weight excluding hydrogens is 308 g/mol. The second-order valence-electron chi connectivity index (χ2n) is 5.30. The molecule has 1 atom stereocenters. The van der Waals surface area contributed by atoms with E-state index in [2.05, 4.69) is 5.32 Å². The van der Waals surface area contributed by atoms with Crippen molar-refractivity contribution in [2.24, 2.45) is 0 Å². The van der Waals surface area contributed by atoms with Crippen LogP contribution in [0.15, 0.2) is 42.5 Å². The van der Waals surface area contributed by atoms with E-state index < -0.39 is 6.10 Å². The molecule has 0 saturated carbocycles. The van der Waals surface area contributed by atoms with Gasteiger partial charge in [0.25, 0.3) is 5.91 Å². The molecule has 1 amide bonds. The molecule has 6 heteroatoms. The number of nitrogens with zero attached hydrogens (tertiary/aromatic N) is 1. The molecule has 1 aliphatic rings. The molecule has 24 heavy (non-hydrogen) atoms. The zero-order valence-corrected chi connectivity index (χ0v) is 13.1. The van der Waals surface area contributed by atoms with Crippen LogP contribution >= 0.6 is 0 Å². The molecule has 0 spiro atoms. The average molecular weight is 324 g/mol. The van der Waals surface area contributed by atoms with Gasteiger partial charge in [-0.2, -0.15) is 5.26 Å². The van der Waals surface area contributed by atoms with Gasteiger partial charge in [0.2, 0.25) is 6.79 Å². The Kier molecular flexibility index (Phi) is 4.52. The maximum absolute atomic E-state index is 12.1. The summed E-state index contributed by atoms with van der Waals surface area (Å²) in [5.41, 5.74) is 1.46. The molecule has 0 fully saturated rings. The van der Waals surface area contributed by atoms with E-state index in [0.717, 1.165) is 5.56 Å². The van der Waals surface area contributed by atoms with E-state index in [1.165, 1.54) is 0 Å². The van der Waals surface area contributed by atoms with E-state index in [4.69, 9.17) is 19.5 Å². The fraction of sp³-hybridized carbons (Fsp3) is 0.222. The number of hydrogen-bond donors (Lipinski definition) is 1. The maximum atomic E-state index is 12.1. The molecule has 0 bridgehead atoms. The Morgan fingerprint density at radius 1 is 1.25 bits per heavy atom. The van der Waals surface area contributed by atoms with Crippen LogP contribution < -0.4 is 19.5 Å². The van der Waals surface area contributed by atoms with Crippen LogP contribution in [-0.2, 0) is 11.3 Å². The highest BCUT2D eigenvalue weighted by Gasteiger charge is 2.16. The van der Waals surface area contributed by atoms with Crippen LogP contribution in [0.25, 0.3) is 0 Å². The number of amides is 1. The first-order chi connectivity index (χ1) is 11.7. The highest BCUT2D eigenvalue weighted by Crippen LogP contribution is 2.32. The Balaban J connectivity index is 1.53. The van der Waals surface area contributed by atoms with Crippen molar-refractivity contribution in [2.45, 2.75) is 19.6 Å². The molecule has 0 aliphatic carbocycles. The third-order valence-corrected chi connectivity index (χ3v) is 3.57. The van der Waals surface area contributed by atoms with Gasteiger partial charge in [0, 0.05) is 6.54 Å². The molecular formula is C18H16N2O4. The summed E-state index contributed by atoms with van der Waals surface area (Å²) in [6.07, 6.45) is -0.646. The largest absolute Gasteiger partial charge is 0.481 e. The van der Waals surface area contributed by atoms with Crippen molar-refractivity contribution in [1.82, 2.24) is 5.32 Å². The van der Waals surface area contributed by atoms with E-state index in [0.29, 0.717) is 29.4 Å². The molecule has 2 aromatic rings. The lowest BCUT2D eigenvalue weighted by molar-refractivity contribution is -0.127. The minimum atomic E-state index is -0.646. The van der Waals surface area contributed by atoms with Crippen LogP contribution in [0.5, 0.6) is 17.2 Å². The van der Waals surface area contributed by atoms with Gasteiger partial charge in [-0.1, -0.05) is 6.07 Å². The van der Waals surface area contributed by atoms with E-state index in [-0.39, 0.29) is 12.7 Å². The number of nitrogens with one attached hydrogen (secondary N) is 1. The summed E-state index contributed by atoms with van der Waals surface area (Å²) in [6.45, 7) is 2.27. The second-order valence-corrected chi connectivity index (χ2v) is 5.30. The predicted molar refractivity (Wildman–Crippen MR) is 85.7 cm³/mol. The van der Waals surface area contributed by atoms with Crippen molar-refractivity contribution in [3.8, 4) is 23.3 Å². The molecule has 3 rings (SSSR count). The fourth-order valence-electron chi connectivity index (χ4n) is 2.25. The monoisotopic (exact) mass is 324 g/mol. The van der Waals surface area contributed by atoms with Crippen molar-refractivity contribution in [3.05, 3.63) is 53.6 Å². The van der Waals surface area contributed by atoms with Crippen molar-refractivity contribution < 1.29 is 19.0 Å². The minimum Gasteiger partial charge on any atom is -0.481 e. The average Bonchev–Trinajstić information content (AvgIpc) is 3.08. The number of hydrogen-bond acceptors (Lipinski definition) is 5. The first kappa shape index (κ1) is 15.7. The van der Waals surface area contributed by atoms with Gasteiger partial charge in [-0.15, -0.1) is 0 Å². The molecule has 1 aliphatic heterocycles. The molecule has 1 N–H and O–H groups in total. The van der Waals surface area contributed by atoms with Gasteiger partial charge in [-0.3, -0.25) is 4.79 Å². The summed E-state index contributed by atoms with van der Waals surface area (Å²) >= 11 is 0. The Labute approximate surface area is 139 Å². The SMILES string of the molecule is C[C@@H](Oc1ccc(C#N)cc1)C(=O)NCc1ccc2c(c1)OCO2. The molecule has 122 valence electrons. The lowest BCUT2D eigenvalue weighted by Gasteiger charge is -2.15. The number of nitriles is 1. The van der Waals surface area contributed by atoms with Crippen molar-refractivity contribution in [1.29, 1.82) is 5.26 Å². The van der Waals surface area contributed by atoms with Gasteiger partial charge in [-0.25, -0.2) is 0 Å². The fourth-order valence-corrected chi connectivity index (χ4v) is 2.25. The number of carbonyl (C=O) groups is 1. The first-order valence-corrected chi connectivity index (χ1v) is 7.49. The molecule has 2 aromatic carbocycles. The van der Waals surface area contributed by atoms with Crippen molar-refractivity contribution in [3.63, 3.8) is 0 Å². The Morgan fingerprint density at radius 3 is 2.75 bits per heavy atom. The molecule has 0 radical (unpaired) electrons. The summed E-state index contributed by atoms with van der Waals surface area (Å²) < 4.78 is 16.1. The number of ether oxygens (including phenoxy) is 3. The van der Waals surface area contributed by atoms with Gasteiger partial charge in [-0.05, 0) is 48.9 Å². The van der Waals surface area contributed by atoms with Crippen LogP contribution in [0.1, 0.15) is 18.1 Å². The number of rotatable bonds is 5. The molecule has 0 aromatic heterocycles. The zero-order chi connectivity index (χ0) is 16.9. The minimum absolute atomic E-state index is 0.223. The summed E-state index contributed by atoms with van der Waals surface area (Å²) in [5.74, 6) is 1.71. The van der Waals surface area contributed by atoms with Gasteiger partial charge in [0.15, 0.2) is 17.6 Å². The van der Waals surface area contributed by atoms with Crippen LogP contribution in [0, 0.1) is 11.3 Å². The summed E-state index contributed by atoms with van der Waals surface area (Å²) in [7, 11) is 0. The van der Waals surface area contributed by atoms with Crippen molar-refractivity contribution in [2.75, 3.05) is 6.79 Å². The molecule has 0 unspecified atom stereocenters. The number of carbonyl (C=O) groups excluding carboxylic acids is 1. The number of benzene rings is 2. The smallest absolute Gasteiger partial charge is 0.261 e. The van der Waals surface area contributed by atoms with E-state index in [1.54, 1.807) is 31.2 Å². The van der Waals surface area contributed by atoms with Crippen molar-refractivity contribution >= 4 is 5.91 Å². The van der Waals surface area contributed by atoms with Crippen LogP contribution in [-0.4, -0.2) is 18.8 Å². The highest BCUT2D eigenvalue weighted by molar-refractivity contribution is 5.80. The summed E-state index contributed by atoms with van der Waals surface area (Å²) in [5, 5.41) is 11.6. The second kappa shape index (κ2) is 6.92. The Bertz CT molecular complexity index is 781. The Morgan fingerprint density at radius 2 is 2.00 bits per heavy atom. The van der Waals surface area contributed by atoms with Gasteiger partial charge in [0.1, 0.15) is 5.75 Å². The zero-order valence-electron chi connectivity index (χ0n) is 13.1. The highest BCUT2D eigenvalue weighted by atomic mass is 16.7. The van der Waals surface area contributed by atoms with Gasteiger partial charge >= 0.3 is 0 Å². The van der Waals surface area contributed by atoms with Crippen LogP contribution in [0.2, 0.25) is 0 Å². The Hall–Kier alpha value is -3.20. The third kappa shape index (κ3) is 3.58. The van der Waals surface area contributed by atoms with E-state index >= 15 is 0 Å². The standard InChI is InChI=1S/C18H16N2O4/c1-12(24-15-5-2-13(9-19)3-6-15)18(21)20-10-14-4-7-16-17(8-14)23-11-22-16/h2-8,12H,10-11H2,1H3,(H,20,21)/t12-/m1/s1. The topological polar surface area (TPSA) is 80.6 Å². The third-order valence-electron chi connectivity index (χ3n) is 3.57. The summed E-state index contributed by atoms with van der Waals surface area (Å²) in [4.78, 5) is 12.1. The van der Waals surface area contributed by atoms with Gasteiger partial charge in [0.05, 0.1) is 11.6 Å². The van der Waals surface area contributed by atoms with E-state index in [1.807, 2.05) is 24.3 Å². The molecule has 6 nitrogen and oxygen atoms in total.